The Morgan fingerprint density at radius 1 is 1.29 bits per heavy atom. The first kappa shape index (κ1) is 9.21. The fourth-order valence-corrected chi connectivity index (χ4v) is 1.81. The molecule has 0 spiro atoms. The molecule has 0 saturated heterocycles. The molecule has 0 amide bonds. The predicted octanol–water partition coefficient (Wildman–Crippen LogP) is 1.77. The van der Waals surface area contributed by atoms with Crippen LogP contribution in [0.5, 0.6) is 0 Å². The Hall–Kier alpha value is -1.35. The van der Waals surface area contributed by atoms with Gasteiger partial charge in [0.2, 0.25) is 0 Å². The van der Waals surface area contributed by atoms with Crippen molar-refractivity contribution in [1.29, 1.82) is 0 Å². The fraction of sp³-hybridized carbons (Fsp3) is 0.364. The number of aliphatic imine (C=N–C) groups is 1. The summed E-state index contributed by atoms with van der Waals surface area (Å²) in [4.78, 5) is 4.55. The summed E-state index contributed by atoms with van der Waals surface area (Å²) in [6, 6.07) is 10.7. The first-order valence-electron chi connectivity index (χ1n) is 4.98. The standard InChI is InChI=1S/C11H15N3/c12-14-11-8-4-7-10(13-11)9-5-2-1-3-6-9/h1-3,5-6,10H,4,7-8,12H2,(H,13,14)/t10-/m0/s1. The highest BCUT2D eigenvalue weighted by molar-refractivity contribution is 5.82. The molecule has 0 bridgehead atoms. The van der Waals surface area contributed by atoms with Gasteiger partial charge < -0.3 is 5.43 Å². The Kier molecular flexibility index (Phi) is 2.79. The SMILES string of the molecule is NNC1=N[C@H](c2ccccc2)CCC1. The van der Waals surface area contributed by atoms with Crippen molar-refractivity contribution in [3.63, 3.8) is 0 Å². The molecule has 14 heavy (non-hydrogen) atoms. The van der Waals surface area contributed by atoms with Gasteiger partial charge in [0, 0.05) is 6.42 Å². The highest BCUT2D eigenvalue weighted by Gasteiger charge is 2.15. The van der Waals surface area contributed by atoms with Gasteiger partial charge in [0.25, 0.3) is 0 Å². The molecule has 1 aliphatic heterocycles. The molecule has 1 heterocycles. The summed E-state index contributed by atoms with van der Waals surface area (Å²) in [5, 5.41) is 0. The summed E-state index contributed by atoms with van der Waals surface area (Å²) in [6.07, 6.45) is 3.25. The second kappa shape index (κ2) is 4.24. The van der Waals surface area contributed by atoms with Crippen LogP contribution in [0.25, 0.3) is 0 Å². The van der Waals surface area contributed by atoms with Crippen molar-refractivity contribution in [1.82, 2.24) is 5.43 Å². The van der Waals surface area contributed by atoms with Crippen LogP contribution in [0.3, 0.4) is 0 Å². The smallest absolute Gasteiger partial charge is 0.111 e. The number of hydrogen-bond donors (Lipinski definition) is 2. The third-order valence-electron chi connectivity index (χ3n) is 2.55. The summed E-state index contributed by atoms with van der Waals surface area (Å²) in [6.45, 7) is 0. The van der Waals surface area contributed by atoms with E-state index in [0.29, 0.717) is 0 Å². The summed E-state index contributed by atoms with van der Waals surface area (Å²) in [5.41, 5.74) is 3.93. The summed E-state index contributed by atoms with van der Waals surface area (Å²) in [5.74, 6) is 6.28. The number of amidine groups is 1. The van der Waals surface area contributed by atoms with Crippen LogP contribution >= 0.6 is 0 Å². The molecule has 1 aromatic carbocycles. The fourth-order valence-electron chi connectivity index (χ4n) is 1.81. The van der Waals surface area contributed by atoms with Crippen molar-refractivity contribution in [2.24, 2.45) is 10.8 Å². The lowest BCUT2D eigenvalue weighted by molar-refractivity contribution is 0.585. The zero-order chi connectivity index (χ0) is 9.80. The maximum absolute atomic E-state index is 5.36. The molecular weight excluding hydrogens is 174 g/mol. The van der Waals surface area contributed by atoms with Crippen molar-refractivity contribution in [2.45, 2.75) is 25.3 Å². The van der Waals surface area contributed by atoms with Crippen LogP contribution in [-0.4, -0.2) is 5.84 Å². The maximum atomic E-state index is 5.36. The molecule has 3 N–H and O–H groups in total. The first-order chi connectivity index (χ1) is 6.90. The number of hydrazine groups is 1. The van der Waals surface area contributed by atoms with Crippen molar-refractivity contribution in [3.8, 4) is 0 Å². The summed E-state index contributed by atoms with van der Waals surface area (Å²) < 4.78 is 0. The lowest BCUT2D eigenvalue weighted by Gasteiger charge is -2.20. The first-order valence-corrected chi connectivity index (χ1v) is 4.98. The molecular formula is C11H15N3. The van der Waals surface area contributed by atoms with E-state index in [9.17, 15) is 0 Å². The third kappa shape index (κ3) is 1.93. The average molecular weight is 189 g/mol. The Bertz CT molecular complexity index is 319. The van der Waals surface area contributed by atoms with Crippen LogP contribution in [0.15, 0.2) is 35.3 Å². The van der Waals surface area contributed by atoms with E-state index in [1.807, 2.05) is 6.07 Å². The van der Waals surface area contributed by atoms with E-state index in [4.69, 9.17) is 5.84 Å². The van der Waals surface area contributed by atoms with E-state index in [1.165, 1.54) is 5.56 Å². The van der Waals surface area contributed by atoms with Gasteiger partial charge in [0.1, 0.15) is 5.84 Å². The Balaban J connectivity index is 2.19. The lowest BCUT2D eigenvalue weighted by Crippen LogP contribution is -2.32. The van der Waals surface area contributed by atoms with Gasteiger partial charge in [-0.3, -0.25) is 4.99 Å². The van der Waals surface area contributed by atoms with Crippen LogP contribution in [-0.2, 0) is 0 Å². The average Bonchev–Trinajstić information content (AvgIpc) is 2.30. The normalized spacial score (nSPS) is 21.5. The van der Waals surface area contributed by atoms with Crippen LogP contribution in [0.4, 0.5) is 0 Å². The van der Waals surface area contributed by atoms with Crippen LogP contribution in [0.2, 0.25) is 0 Å². The van der Waals surface area contributed by atoms with Gasteiger partial charge >= 0.3 is 0 Å². The molecule has 2 rings (SSSR count). The molecule has 0 fully saturated rings. The minimum absolute atomic E-state index is 0.288. The van der Waals surface area contributed by atoms with E-state index in [2.05, 4.69) is 34.7 Å². The molecule has 0 saturated carbocycles. The highest BCUT2D eigenvalue weighted by atomic mass is 15.3. The van der Waals surface area contributed by atoms with Gasteiger partial charge in [-0.1, -0.05) is 30.3 Å². The maximum Gasteiger partial charge on any atom is 0.111 e. The molecule has 3 nitrogen and oxygen atoms in total. The quantitative estimate of drug-likeness (QED) is 0.522. The Labute approximate surface area is 84.0 Å². The van der Waals surface area contributed by atoms with Crippen LogP contribution < -0.4 is 11.3 Å². The molecule has 0 aromatic heterocycles. The second-order valence-corrected chi connectivity index (χ2v) is 3.54. The summed E-state index contributed by atoms with van der Waals surface area (Å²) in [7, 11) is 0. The number of hydrogen-bond acceptors (Lipinski definition) is 3. The van der Waals surface area contributed by atoms with Crippen molar-refractivity contribution in [3.05, 3.63) is 35.9 Å². The molecule has 0 radical (unpaired) electrons. The number of benzene rings is 1. The monoisotopic (exact) mass is 189 g/mol. The van der Waals surface area contributed by atoms with Gasteiger partial charge in [-0.25, -0.2) is 5.84 Å². The van der Waals surface area contributed by atoms with Gasteiger partial charge in [-0.05, 0) is 18.4 Å². The number of nitrogens with zero attached hydrogens (tertiary/aromatic N) is 1. The molecule has 74 valence electrons. The largest absolute Gasteiger partial charge is 0.312 e. The molecule has 1 aliphatic rings. The van der Waals surface area contributed by atoms with Crippen molar-refractivity contribution in [2.75, 3.05) is 0 Å². The molecule has 3 heteroatoms. The summed E-state index contributed by atoms with van der Waals surface area (Å²) >= 11 is 0. The minimum atomic E-state index is 0.288. The van der Waals surface area contributed by atoms with Gasteiger partial charge in [0.15, 0.2) is 0 Å². The van der Waals surface area contributed by atoms with Gasteiger partial charge in [-0.15, -0.1) is 0 Å². The van der Waals surface area contributed by atoms with Crippen LogP contribution in [0.1, 0.15) is 30.9 Å². The predicted molar refractivity (Wildman–Crippen MR) is 57.8 cm³/mol. The number of nitrogens with one attached hydrogen (secondary N) is 1. The van der Waals surface area contributed by atoms with E-state index in [0.717, 1.165) is 25.1 Å². The zero-order valence-corrected chi connectivity index (χ0v) is 8.11. The molecule has 1 atom stereocenters. The van der Waals surface area contributed by atoms with Crippen molar-refractivity contribution < 1.29 is 0 Å². The molecule has 1 aromatic rings. The van der Waals surface area contributed by atoms with Gasteiger partial charge in [0.05, 0.1) is 6.04 Å². The third-order valence-corrected chi connectivity index (χ3v) is 2.55. The lowest BCUT2D eigenvalue weighted by atomic mass is 9.99. The van der Waals surface area contributed by atoms with E-state index < -0.39 is 0 Å². The number of nitrogens with two attached hydrogens (primary N) is 1. The second-order valence-electron chi connectivity index (χ2n) is 3.54. The van der Waals surface area contributed by atoms with E-state index in [1.54, 1.807) is 0 Å². The topological polar surface area (TPSA) is 50.4 Å². The highest BCUT2D eigenvalue weighted by Crippen LogP contribution is 2.26. The Morgan fingerprint density at radius 2 is 2.07 bits per heavy atom. The Morgan fingerprint density at radius 3 is 2.79 bits per heavy atom. The van der Waals surface area contributed by atoms with E-state index >= 15 is 0 Å². The van der Waals surface area contributed by atoms with Gasteiger partial charge in [-0.2, -0.15) is 0 Å². The minimum Gasteiger partial charge on any atom is -0.312 e. The van der Waals surface area contributed by atoms with Crippen molar-refractivity contribution >= 4 is 5.84 Å². The van der Waals surface area contributed by atoms with Crippen LogP contribution in [0, 0.1) is 0 Å². The molecule has 0 unspecified atom stereocenters. The molecule has 0 aliphatic carbocycles. The van der Waals surface area contributed by atoms with E-state index in [-0.39, 0.29) is 6.04 Å². The zero-order valence-electron chi connectivity index (χ0n) is 8.11. The number of rotatable bonds is 1.